The monoisotopic (exact) mass is 308 g/mol. The SMILES string of the molecule is CCOC(OCC)c1cc2cc(CN)c(OC)cc2nc1F. The van der Waals surface area contributed by atoms with Gasteiger partial charge in [0.25, 0.3) is 0 Å². The van der Waals surface area contributed by atoms with Gasteiger partial charge in [-0.1, -0.05) is 0 Å². The van der Waals surface area contributed by atoms with Crippen LogP contribution in [0.1, 0.15) is 31.3 Å². The van der Waals surface area contributed by atoms with E-state index in [1.807, 2.05) is 19.9 Å². The normalized spacial score (nSPS) is 11.4. The second-order valence-corrected chi connectivity index (χ2v) is 4.67. The molecule has 2 N–H and O–H groups in total. The van der Waals surface area contributed by atoms with Crippen molar-refractivity contribution in [3.8, 4) is 5.75 Å². The van der Waals surface area contributed by atoms with Gasteiger partial charge in [0.15, 0.2) is 6.29 Å². The van der Waals surface area contributed by atoms with Gasteiger partial charge >= 0.3 is 0 Å². The van der Waals surface area contributed by atoms with E-state index in [9.17, 15) is 4.39 Å². The first kappa shape index (κ1) is 16.6. The lowest BCUT2D eigenvalue weighted by Gasteiger charge is -2.18. The van der Waals surface area contributed by atoms with Gasteiger partial charge in [-0.2, -0.15) is 4.39 Å². The van der Waals surface area contributed by atoms with Crippen LogP contribution in [-0.4, -0.2) is 25.3 Å². The number of halogens is 1. The Morgan fingerprint density at radius 2 is 1.86 bits per heavy atom. The Bertz CT molecular complexity index is 643. The highest BCUT2D eigenvalue weighted by Gasteiger charge is 2.19. The summed E-state index contributed by atoms with van der Waals surface area (Å²) in [4.78, 5) is 4.00. The molecule has 0 atom stereocenters. The quantitative estimate of drug-likeness (QED) is 0.629. The van der Waals surface area contributed by atoms with E-state index in [4.69, 9.17) is 19.9 Å². The van der Waals surface area contributed by atoms with Crippen molar-refractivity contribution >= 4 is 10.9 Å². The third-order valence-electron chi connectivity index (χ3n) is 3.31. The first-order chi connectivity index (χ1) is 10.6. The minimum atomic E-state index is -0.768. The van der Waals surface area contributed by atoms with E-state index in [1.165, 1.54) is 0 Å². The van der Waals surface area contributed by atoms with E-state index in [1.54, 1.807) is 19.2 Å². The van der Waals surface area contributed by atoms with Crippen LogP contribution in [0, 0.1) is 5.95 Å². The molecule has 0 unspecified atom stereocenters. The number of nitrogens with zero attached hydrogens (tertiary/aromatic N) is 1. The van der Waals surface area contributed by atoms with E-state index in [-0.39, 0.29) is 5.56 Å². The first-order valence-electron chi connectivity index (χ1n) is 7.24. The van der Waals surface area contributed by atoms with E-state index in [0.29, 0.717) is 31.0 Å². The zero-order valence-electron chi connectivity index (χ0n) is 13.1. The third-order valence-corrected chi connectivity index (χ3v) is 3.31. The fourth-order valence-electron chi connectivity index (χ4n) is 2.29. The van der Waals surface area contributed by atoms with Crippen LogP contribution in [0.2, 0.25) is 0 Å². The average molecular weight is 308 g/mol. The molecule has 1 aromatic heterocycles. The number of pyridine rings is 1. The number of benzene rings is 1. The van der Waals surface area contributed by atoms with Gasteiger partial charge in [0, 0.05) is 36.8 Å². The number of nitrogens with two attached hydrogens (primary N) is 1. The van der Waals surface area contributed by atoms with Crippen molar-refractivity contribution in [2.24, 2.45) is 5.73 Å². The summed E-state index contributed by atoms with van der Waals surface area (Å²) < 4.78 is 30.4. The van der Waals surface area contributed by atoms with E-state index >= 15 is 0 Å². The molecule has 0 amide bonds. The molecule has 2 aromatic rings. The molecular formula is C16H21FN2O3. The highest BCUT2D eigenvalue weighted by Crippen LogP contribution is 2.29. The molecule has 120 valence electrons. The van der Waals surface area contributed by atoms with Gasteiger partial charge in [-0.3, -0.25) is 0 Å². The highest BCUT2D eigenvalue weighted by molar-refractivity contribution is 5.82. The lowest BCUT2D eigenvalue weighted by Crippen LogP contribution is -2.12. The van der Waals surface area contributed by atoms with Gasteiger partial charge in [-0.15, -0.1) is 0 Å². The predicted octanol–water partition coefficient (Wildman–Crippen LogP) is 2.91. The van der Waals surface area contributed by atoms with Crippen LogP contribution in [-0.2, 0) is 16.0 Å². The van der Waals surface area contributed by atoms with Crippen LogP contribution >= 0.6 is 0 Å². The van der Waals surface area contributed by atoms with Crippen LogP contribution in [0.4, 0.5) is 4.39 Å². The molecule has 0 aliphatic heterocycles. The third kappa shape index (κ3) is 3.35. The molecule has 0 fully saturated rings. The van der Waals surface area contributed by atoms with Crippen molar-refractivity contribution in [1.29, 1.82) is 0 Å². The fraction of sp³-hybridized carbons (Fsp3) is 0.438. The standard InChI is InChI=1S/C16H21FN2O3/c1-4-21-16(22-5-2)12-7-10-6-11(9-18)14(20-3)8-13(10)19-15(12)17/h6-8,16H,4-5,9,18H2,1-3H3. The number of methoxy groups -OCH3 is 1. The molecule has 0 radical (unpaired) electrons. The van der Waals surface area contributed by atoms with Crippen molar-refractivity contribution in [2.45, 2.75) is 26.7 Å². The van der Waals surface area contributed by atoms with Crippen LogP contribution in [0.25, 0.3) is 10.9 Å². The van der Waals surface area contributed by atoms with E-state index in [0.717, 1.165) is 10.9 Å². The molecular weight excluding hydrogens is 287 g/mol. The van der Waals surface area contributed by atoms with Crippen molar-refractivity contribution in [3.63, 3.8) is 0 Å². The maximum Gasteiger partial charge on any atom is 0.221 e. The number of aromatic nitrogens is 1. The minimum absolute atomic E-state index is 0.282. The zero-order chi connectivity index (χ0) is 16.1. The van der Waals surface area contributed by atoms with Gasteiger partial charge in [0.05, 0.1) is 18.2 Å². The highest BCUT2D eigenvalue weighted by atomic mass is 19.1. The summed E-state index contributed by atoms with van der Waals surface area (Å²) in [7, 11) is 1.55. The second kappa shape index (κ2) is 7.49. The summed E-state index contributed by atoms with van der Waals surface area (Å²) >= 11 is 0. The summed E-state index contributed by atoms with van der Waals surface area (Å²) in [5.41, 5.74) is 7.33. The minimum Gasteiger partial charge on any atom is -0.496 e. The van der Waals surface area contributed by atoms with Gasteiger partial charge in [-0.25, -0.2) is 4.98 Å². The van der Waals surface area contributed by atoms with Crippen molar-refractivity contribution in [3.05, 3.63) is 35.3 Å². The second-order valence-electron chi connectivity index (χ2n) is 4.67. The van der Waals surface area contributed by atoms with Crippen molar-refractivity contribution < 1.29 is 18.6 Å². The summed E-state index contributed by atoms with van der Waals surface area (Å²) in [5.74, 6) is -0.0113. The van der Waals surface area contributed by atoms with Crippen LogP contribution in [0.15, 0.2) is 18.2 Å². The molecule has 5 nitrogen and oxygen atoms in total. The summed E-state index contributed by atoms with van der Waals surface area (Å²) in [5, 5.41) is 0.766. The lowest BCUT2D eigenvalue weighted by atomic mass is 10.1. The number of hydrogen-bond acceptors (Lipinski definition) is 5. The summed E-state index contributed by atoms with van der Waals surface area (Å²) in [6.07, 6.45) is -0.768. The Hall–Kier alpha value is -1.76. The van der Waals surface area contributed by atoms with Gasteiger partial charge in [0.2, 0.25) is 5.95 Å². The molecule has 2 rings (SSSR count). The maximum absolute atomic E-state index is 14.3. The summed E-state index contributed by atoms with van der Waals surface area (Å²) in [6, 6.07) is 5.21. The molecule has 0 aliphatic rings. The van der Waals surface area contributed by atoms with Crippen molar-refractivity contribution in [1.82, 2.24) is 4.98 Å². The smallest absolute Gasteiger partial charge is 0.221 e. The molecule has 0 aliphatic carbocycles. The first-order valence-corrected chi connectivity index (χ1v) is 7.24. The Labute approximate surface area is 129 Å². The van der Waals surface area contributed by atoms with Crippen LogP contribution in [0.3, 0.4) is 0 Å². The number of rotatable bonds is 7. The van der Waals surface area contributed by atoms with Crippen LogP contribution in [0.5, 0.6) is 5.75 Å². The molecule has 1 aromatic carbocycles. The number of hydrogen-bond donors (Lipinski definition) is 1. The Balaban J connectivity index is 2.54. The van der Waals surface area contributed by atoms with E-state index < -0.39 is 12.2 Å². The topological polar surface area (TPSA) is 66.6 Å². The predicted molar refractivity (Wildman–Crippen MR) is 82.1 cm³/mol. The number of ether oxygens (including phenoxy) is 3. The number of fused-ring (bicyclic) bond motifs is 1. The maximum atomic E-state index is 14.3. The van der Waals surface area contributed by atoms with Gasteiger partial charge in [0.1, 0.15) is 5.75 Å². The zero-order valence-corrected chi connectivity index (χ0v) is 13.1. The molecule has 1 heterocycles. The van der Waals surface area contributed by atoms with Crippen molar-refractivity contribution in [2.75, 3.05) is 20.3 Å². The van der Waals surface area contributed by atoms with Gasteiger partial charge in [-0.05, 0) is 26.0 Å². The average Bonchev–Trinajstić information content (AvgIpc) is 2.52. The Morgan fingerprint density at radius 1 is 1.18 bits per heavy atom. The molecule has 0 saturated carbocycles. The molecule has 0 spiro atoms. The largest absolute Gasteiger partial charge is 0.496 e. The fourth-order valence-corrected chi connectivity index (χ4v) is 2.29. The molecule has 6 heteroatoms. The Morgan fingerprint density at radius 3 is 2.41 bits per heavy atom. The lowest BCUT2D eigenvalue weighted by molar-refractivity contribution is -0.142. The molecule has 22 heavy (non-hydrogen) atoms. The molecule has 0 saturated heterocycles. The van der Waals surface area contributed by atoms with E-state index in [2.05, 4.69) is 4.98 Å². The van der Waals surface area contributed by atoms with Crippen LogP contribution < -0.4 is 10.5 Å². The van der Waals surface area contributed by atoms with Gasteiger partial charge < -0.3 is 19.9 Å². The molecule has 0 bridgehead atoms. The summed E-state index contributed by atoms with van der Waals surface area (Å²) in [6.45, 7) is 4.81. The Kier molecular flexibility index (Phi) is 5.65.